The summed E-state index contributed by atoms with van der Waals surface area (Å²) in [6.45, 7) is 0. The van der Waals surface area contributed by atoms with Crippen LogP contribution in [0.3, 0.4) is 0 Å². The van der Waals surface area contributed by atoms with Crippen LogP contribution in [-0.2, 0) is 11.2 Å². The van der Waals surface area contributed by atoms with Crippen LogP contribution >= 0.6 is 0 Å². The van der Waals surface area contributed by atoms with E-state index >= 15 is 0 Å². The number of aliphatic carboxylic acids is 1. The molecule has 0 aromatic heterocycles. The summed E-state index contributed by atoms with van der Waals surface area (Å²) in [5.74, 6) is -0.751. The van der Waals surface area contributed by atoms with Crippen LogP contribution in [0.5, 0.6) is 0 Å². The zero-order chi connectivity index (χ0) is 10.6. The van der Waals surface area contributed by atoms with Crippen LogP contribution < -0.4 is 4.90 Å². The first-order chi connectivity index (χ1) is 6.61. The first-order valence-corrected chi connectivity index (χ1v) is 4.58. The van der Waals surface area contributed by atoms with Crippen LogP contribution in [0, 0.1) is 0 Å². The minimum Gasteiger partial charge on any atom is -0.481 e. The number of hydrogen-bond acceptors (Lipinski definition) is 2. The second-order valence-corrected chi connectivity index (χ2v) is 3.42. The summed E-state index contributed by atoms with van der Waals surface area (Å²) in [4.78, 5) is 12.4. The lowest BCUT2D eigenvalue weighted by molar-refractivity contribution is -0.136. The van der Waals surface area contributed by atoms with Gasteiger partial charge in [0.25, 0.3) is 0 Å². The highest BCUT2D eigenvalue weighted by Crippen LogP contribution is 2.19. The van der Waals surface area contributed by atoms with E-state index < -0.39 is 5.97 Å². The van der Waals surface area contributed by atoms with Crippen LogP contribution in [0.1, 0.15) is 12.0 Å². The van der Waals surface area contributed by atoms with Gasteiger partial charge in [-0.3, -0.25) is 4.79 Å². The Kier molecular flexibility index (Phi) is 3.51. The molecule has 1 aromatic rings. The third-order valence-electron chi connectivity index (χ3n) is 2.08. The molecule has 1 aromatic carbocycles. The number of aryl methyl sites for hydroxylation is 1. The maximum atomic E-state index is 10.4. The number of anilines is 1. The van der Waals surface area contributed by atoms with E-state index in [4.69, 9.17) is 5.11 Å². The first kappa shape index (κ1) is 10.6. The van der Waals surface area contributed by atoms with Crippen LogP contribution in [-0.4, -0.2) is 25.2 Å². The smallest absolute Gasteiger partial charge is 0.303 e. The van der Waals surface area contributed by atoms with E-state index in [0.29, 0.717) is 6.42 Å². The molecule has 3 nitrogen and oxygen atoms in total. The molecule has 0 fully saturated rings. The van der Waals surface area contributed by atoms with Crippen molar-refractivity contribution >= 4 is 11.7 Å². The van der Waals surface area contributed by atoms with E-state index in [9.17, 15) is 4.79 Å². The van der Waals surface area contributed by atoms with E-state index in [0.717, 1.165) is 11.3 Å². The third kappa shape index (κ3) is 2.76. The molecule has 0 bridgehead atoms. The summed E-state index contributed by atoms with van der Waals surface area (Å²) in [6, 6.07) is 7.86. The van der Waals surface area contributed by atoms with Crippen molar-refractivity contribution in [3.8, 4) is 0 Å². The fourth-order valence-electron chi connectivity index (χ4n) is 1.40. The van der Waals surface area contributed by atoms with Crippen molar-refractivity contribution in [1.82, 2.24) is 0 Å². The van der Waals surface area contributed by atoms with Crippen molar-refractivity contribution in [2.24, 2.45) is 0 Å². The lowest BCUT2D eigenvalue weighted by Gasteiger charge is -2.16. The second-order valence-electron chi connectivity index (χ2n) is 3.42. The van der Waals surface area contributed by atoms with Crippen LogP contribution in [0.4, 0.5) is 5.69 Å². The van der Waals surface area contributed by atoms with Gasteiger partial charge in [0.15, 0.2) is 0 Å². The quantitative estimate of drug-likeness (QED) is 0.792. The molecule has 0 unspecified atom stereocenters. The summed E-state index contributed by atoms with van der Waals surface area (Å²) in [5.41, 5.74) is 2.17. The molecule has 3 heteroatoms. The van der Waals surface area contributed by atoms with Gasteiger partial charge >= 0.3 is 5.97 Å². The lowest BCUT2D eigenvalue weighted by Crippen LogP contribution is -2.11. The molecule has 0 amide bonds. The molecule has 0 aliphatic carbocycles. The molecular weight excluding hydrogens is 178 g/mol. The Hall–Kier alpha value is -1.51. The van der Waals surface area contributed by atoms with Gasteiger partial charge in [-0.2, -0.15) is 0 Å². The number of rotatable bonds is 4. The number of benzene rings is 1. The molecule has 0 aliphatic rings. The van der Waals surface area contributed by atoms with Crippen molar-refractivity contribution in [3.05, 3.63) is 29.8 Å². The van der Waals surface area contributed by atoms with Gasteiger partial charge in [-0.15, -0.1) is 0 Å². The Morgan fingerprint density at radius 1 is 1.36 bits per heavy atom. The highest BCUT2D eigenvalue weighted by molar-refractivity contribution is 5.67. The maximum Gasteiger partial charge on any atom is 0.303 e. The summed E-state index contributed by atoms with van der Waals surface area (Å²) < 4.78 is 0. The first-order valence-electron chi connectivity index (χ1n) is 4.58. The minimum atomic E-state index is -0.751. The Morgan fingerprint density at radius 2 is 2.00 bits per heavy atom. The van der Waals surface area contributed by atoms with Crippen LogP contribution in [0.2, 0.25) is 0 Å². The Morgan fingerprint density at radius 3 is 2.57 bits per heavy atom. The average molecular weight is 193 g/mol. The summed E-state index contributed by atoms with van der Waals surface area (Å²) in [6.07, 6.45) is 0.772. The topological polar surface area (TPSA) is 40.5 Å². The van der Waals surface area contributed by atoms with Crippen molar-refractivity contribution in [1.29, 1.82) is 0 Å². The number of carbonyl (C=O) groups is 1. The zero-order valence-corrected chi connectivity index (χ0v) is 8.53. The largest absolute Gasteiger partial charge is 0.481 e. The second kappa shape index (κ2) is 4.65. The lowest BCUT2D eigenvalue weighted by atomic mass is 10.1. The summed E-state index contributed by atoms with van der Waals surface area (Å²) in [7, 11) is 3.92. The zero-order valence-electron chi connectivity index (χ0n) is 8.53. The van der Waals surface area contributed by atoms with Gasteiger partial charge in [0.1, 0.15) is 0 Å². The standard InChI is InChI=1S/C11H15NO2/c1-12(2)10-6-4-3-5-9(10)7-8-11(13)14/h3-6H,7-8H2,1-2H3,(H,13,14). The van der Waals surface area contributed by atoms with Gasteiger partial charge in [0.2, 0.25) is 0 Å². The predicted molar refractivity (Wildman–Crippen MR) is 56.7 cm³/mol. The van der Waals surface area contributed by atoms with Gasteiger partial charge in [-0.25, -0.2) is 0 Å². The van der Waals surface area contributed by atoms with Crippen LogP contribution in [0.15, 0.2) is 24.3 Å². The molecule has 1 N–H and O–H groups in total. The normalized spacial score (nSPS) is 9.86. The molecule has 0 saturated heterocycles. The van der Waals surface area contributed by atoms with Crippen molar-refractivity contribution in [2.45, 2.75) is 12.8 Å². The van der Waals surface area contributed by atoms with Crippen molar-refractivity contribution < 1.29 is 9.90 Å². The molecule has 0 aliphatic heterocycles. The molecule has 0 spiro atoms. The van der Waals surface area contributed by atoms with Gasteiger partial charge in [-0.05, 0) is 18.1 Å². The van der Waals surface area contributed by atoms with Crippen molar-refractivity contribution in [2.75, 3.05) is 19.0 Å². The highest BCUT2D eigenvalue weighted by Gasteiger charge is 2.05. The van der Waals surface area contributed by atoms with Gasteiger partial charge in [-0.1, -0.05) is 18.2 Å². The SMILES string of the molecule is CN(C)c1ccccc1CCC(=O)O. The third-order valence-corrected chi connectivity index (χ3v) is 2.08. The number of para-hydroxylation sites is 1. The fourth-order valence-corrected chi connectivity index (χ4v) is 1.40. The Bertz CT molecular complexity index is 321. The molecule has 0 atom stereocenters. The highest BCUT2D eigenvalue weighted by atomic mass is 16.4. The van der Waals surface area contributed by atoms with Gasteiger partial charge < -0.3 is 10.0 Å². The van der Waals surface area contributed by atoms with E-state index in [-0.39, 0.29) is 6.42 Å². The van der Waals surface area contributed by atoms with Crippen LogP contribution in [0.25, 0.3) is 0 Å². The predicted octanol–water partition coefficient (Wildman–Crippen LogP) is 1.77. The molecular formula is C11H15NO2. The van der Waals surface area contributed by atoms with Gasteiger partial charge in [0.05, 0.1) is 0 Å². The summed E-state index contributed by atoms with van der Waals surface area (Å²) in [5, 5.41) is 8.59. The summed E-state index contributed by atoms with van der Waals surface area (Å²) >= 11 is 0. The molecule has 0 heterocycles. The number of nitrogens with zero attached hydrogens (tertiary/aromatic N) is 1. The van der Waals surface area contributed by atoms with E-state index in [1.165, 1.54) is 0 Å². The maximum absolute atomic E-state index is 10.4. The fraction of sp³-hybridized carbons (Fsp3) is 0.364. The monoisotopic (exact) mass is 193 g/mol. The van der Waals surface area contributed by atoms with E-state index in [1.807, 2.05) is 43.3 Å². The van der Waals surface area contributed by atoms with Gasteiger partial charge in [0, 0.05) is 26.2 Å². The molecule has 76 valence electrons. The van der Waals surface area contributed by atoms with Crippen molar-refractivity contribution in [3.63, 3.8) is 0 Å². The average Bonchev–Trinajstić information content (AvgIpc) is 2.15. The Balaban J connectivity index is 2.79. The molecule has 0 saturated carbocycles. The Labute approximate surface area is 84.0 Å². The molecule has 0 radical (unpaired) electrons. The number of carboxylic acid groups (broad SMARTS) is 1. The van der Waals surface area contributed by atoms with E-state index in [2.05, 4.69) is 0 Å². The minimum absolute atomic E-state index is 0.185. The van der Waals surface area contributed by atoms with E-state index in [1.54, 1.807) is 0 Å². The number of hydrogen-bond donors (Lipinski definition) is 1. The number of carboxylic acids is 1. The molecule has 14 heavy (non-hydrogen) atoms. The molecule has 1 rings (SSSR count).